The Bertz CT molecular complexity index is 858. The van der Waals surface area contributed by atoms with Crippen LogP contribution < -0.4 is 4.90 Å². The lowest BCUT2D eigenvalue weighted by Crippen LogP contribution is -2.52. The summed E-state index contributed by atoms with van der Waals surface area (Å²) in [7, 11) is 1.93. The highest BCUT2D eigenvalue weighted by atomic mass is 35.5. The monoisotopic (exact) mass is 392 g/mol. The van der Waals surface area contributed by atoms with Crippen LogP contribution in [0.4, 0.5) is 15.4 Å². The van der Waals surface area contributed by atoms with E-state index in [9.17, 15) is 9.59 Å². The van der Waals surface area contributed by atoms with E-state index in [-0.39, 0.29) is 12.1 Å². The minimum atomic E-state index is -0.605. The summed E-state index contributed by atoms with van der Waals surface area (Å²) in [5.41, 5.74) is 0.397. The molecule has 27 heavy (non-hydrogen) atoms. The van der Waals surface area contributed by atoms with Crippen molar-refractivity contribution >= 4 is 39.8 Å². The van der Waals surface area contributed by atoms with Crippen molar-refractivity contribution < 1.29 is 14.3 Å². The highest BCUT2D eigenvalue weighted by Crippen LogP contribution is 2.27. The normalized spacial score (nSPS) is 17.8. The average Bonchev–Trinajstić information content (AvgIpc) is 2.94. The summed E-state index contributed by atoms with van der Waals surface area (Å²) in [4.78, 5) is 32.2. The molecule has 0 unspecified atom stereocenters. The molecular formula is C19H25ClN4O3. The molecule has 0 radical (unpaired) electrons. The number of anilines is 1. The standard InChI is InChI=1S/C19H25ClN4O3/c1-19(2,3)27-18(26)23-8-5-6-14(12-23)24(17(20)25)16-10-15-13(11-21-16)7-9-22(15)4/h7,9-11,14H,5-6,8,12H2,1-4H3/t14-/m1/s1. The number of aryl methyl sites for hydroxylation is 1. The zero-order valence-corrected chi connectivity index (χ0v) is 16.9. The SMILES string of the molecule is Cn1ccc2cnc(N(C(=O)Cl)[C@@H]3CCCN(C(=O)OC(C)(C)C)C3)cc21. The van der Waals surface area contributed by atoms with Gasteiger partial charge in [0.05, 0.1) is 11.6 Å². The maximum atomic E-state index is 12.4. The van der Waals surface area contributed by atoms with Crippen molar-refractivity contribution in [1.82, 2.24) is 14.5 Å². The number of hydrogen-bond acceptors (Lipinski definition) is 4. The van der Waals surface area contributed by atoms with Gasteiger partial charge in [0.1, 0.15) is 11.4 Å². The number of fused-ring (bicyclic) bond motifs is 1. The third-order valence-corrected chi connectivity index (χ3v) is 4.79. The molecule has 0 N–H and O–H groups in total. The average molecular weight is 393 g/mol. The van der Waals surface area contributed by atoms with Gasteiger partial charge in [0.2, 0.25) is 0 Å². The third-order valence-electron chi connectivity index (χ3n) is 4.60. The van der Waals surface area contributed by atoms with E-state index >= 15 is 0 Å². The van der Waals surface area contributed by atoms with Crippen molar-refractivity contribution in [3.8, 4) is 0 Å². The first-order valence-electron chi connectivity index (χ1n) is 9.03. The molecule has 2 aromatic rings. The zero-order valence-electron chi connectivity index (χ0n) is 16.1. The van der Waals surface area contributed by atoms with Crippen molar-refractivity contribution in [2.45, 2.75) is 45.3 Å². The van der Waals surface area contributed by atoms with Gasteiger partial charge in [-0.25, -0.2) is 9.78 Å². The van der Waals surface area contributed by atoms with Gasteiger partial charge in [-0.15, -0.1) is 0 Å². The van der Waals surface area contributed by atoms with Gasteiger partial charge in [-0.2, -0.15) is 0 Å². The second-order valence-electron chi connectivity index (χ2n) is 7.87. The maximum absolute atomic E-state index is 12.4. The van der Waals surface area contributed by atoms with Gasteiger partial charge >= 0.3 is 11.5 Å². The predicted octanol–water partition coefficient (Wildman–Crippen LogP) is 4.14. The van der Waals surface area contributed by atoms with Crippen LogP contribution in [-0.2, 0) is 11.8 Å². The molecule has 146 valence electrons. The molecule has 0 aromatic carbocycles. The molecule has 0 aliphatic carbocycles. The topological polar surface area (TPSA) is 67.7 Å². The number of aromatic nitrogens is 2. The fourth-order valence-corrected chi connectivity index (χ4v) is 3.59. The number of pyridine rings is 1. The van der Waals surface area contributed by atoms with Crippen LogP contribution in [0.2, 0.25) is 0 Å². The number of halogens is 1. The summed E-state index contributed by atoms with van der Waals surface area (Å²) in [6.07, 6.45) is 4.79. The Labute approximate surface area is 163 Å². The van der Waals surface area contributed by atoms with Crippen molar-refractivity contribution in [3.05, 3.63) is 24.5 Å². The van der Waals surface area contributed by atoms with Crippen molar-refractivity contribution in [3.63, 3.8) is 0 Å². The van der Waals surface area contributed by atoms with E-state index in [2.05, 4.69) is 4.98 Å². The molecule has 1 atom stereocenters. The van der Waals surface area contributed by atoms with Crippen molar-refractivity contribution in [2.75, 3.05) is 18.0 Å². The lowest BCUT2D eigenvalue weighted by Gasteiger charge is -2.38. The Morgan fingerprint density at radius 3 is 2.78 bits per heavy atom. The summed E-state index contributed by atoms with van der Waals surface area (Å²) < 4.78 is 7.43. The van der Waals surface area contributed by atoms with Crippen LogP contribution in [-0.4, -0.2) is 50.6 Å². The number of nitrogens with zero attached hydrogens (tertiary/aromatic N) is 4. The van der Waals surface area contributed by atoms with Crippen LogP contribution in [0.15, 0.2) is 24.5 Å². The van der Waals surface area contributed by atoms with Crippen LogP contribution in [0.25, 0.3) is 10.9 Å². The van der Waals surface area contributed by atoms with E-state index in [4.69, 9.17) is 16.3 Å². The molecule has 3 rings (SSSR count). The van der Waals surface area contributed by atoms with Crippen LogP contribution >= 0.6 is 11.6 Å². The Kier molecular flexibility index (Phi) is 5.33. The molecule has 7 nitrogen and oxygen atoms in total. The number of rotatable bonds is 2. The molecular weight excluding hydrogens is 368 g/mol. The van der Waals surface area contributed by atoms with Crippen LogP contribution in [0.1, 0.15) is 33.6 Å². The molecule has 2 aromatic heterocycles. The number of hydrogen-bond donors (Lipinski definition) is 0. The highest BCUT2D eigenvalue weighted by Gasteiger charge is 2.33. The summed E-state index contributed by atoms with van der Waals surface area (Å²) in [6.45, 7) is 6.46. The summed E-state index contributed by atoms with van der Waals surface area (Å²) >= 11 is 5.92. The molecule has 8 heteroatoms. The van der Waals surface area contributed by atoms with Gasteiger partial charge in [-0.05, 0) is 51.3 Å². The van der Waals surface area contributed by atoms with Crippen LogP contribution in [0, 0.1) is 0 Å². The number of likely N-dealkylation sites (tertiary alicyclic amines) is 1. The second-order valence-corrected chi connectivity index (χ2v) is 8.20. The molecule has 0 spiro atoms. The fourth-order valence-electron chi connectivity index (χ4n) is 3.36. The first-order chi connectivity index (χ1) is 12.7. The van der Waals surface area contributed by atoms with Gasteiger partial charge in [0.25, 0.3) is 0 Å². The van der Waals surface area contributed by atoms with E-state index in [1.807, 2.05) is 50.7 Å². The third kappa shape index (κ3) is 4.35. The quantitative estimate of drug-likeness (QED) is 0.569. The number of ether oxygens (including phenoxy) is 1. The van der Waals surface area contributed by atoms with Gasteiger partial charge in [0, 0.05) is 44.0 Å². The summed E-state index contributed by atoms with van der Waals surface area (Å²) in [5, 5.41) is 0.384. The smallest absolute Gasteiger partial charge is 0.410 e. The minimum Gasteiger partial charge on any atom is -0.444 e. The van der Waals surface area contributed by atoms with E-state index in [0.717, 1.165) is 23.7 Å². The first-order valence-corrected chi connectivity index (χ1v) is 9.41. The zero-order chi connectivity index (χ0) is 19.8. The van der Waals surface area contributed by atoms with Gasteiger partial charge in [-0.3, -0.25) is 9.69 Å². The van der Waals surface area contributed by atoms with Gasteiger partial charge in [0.15, 0.2) is 0 Å². The number of amides is 2. The predicted molar refractivity (Wildman–Crippen MR) is 105 cm³/mol. The minimum absolute atomic E-state index is 0.249. The summed E-state index contributed by atoms with van der Waals surface area (Å²) in [5.74, 6) is 0.486. The molecule has 0 bridgehead atoms. The number of piperidine rings is 1. The number of carbonyl (C=O) groups is 2. The molecule has 1 aliphatic heterocycles. The largest absolute Gasteiger partial charge is 0.444 e. The maximum Gasteiger partial charge on any atom is 0.410 e. The molecule has 0 saturated carbocycles. The molecule has 2 amide bonds. The van der Waals surface area contributed by atoms with Crippen molar-refractivity contribution in [2.24, 2.45) is 7.05 Å². The lowest BCUT2D eigenvalue weighted by atomic mass is 10.0. The summed E-state index contributed by atoms with van der Waals surface area (Å²) in [6, 6.07) is 3.56. The van der Waals surface area contributed by atoms with E-state index in [1.165, 1.54) is 4.90 Å². The first kappa shape index (κ1) is 19.5. The van der Waals surface area contributed by atoms with Crippen LogP contribution in [0.5, 0.6) is 0 Å². The van der Waals surface area contributed by atoms with Crippen molar-refractivity contribution in [1.29, 1.82) is 0 Å². The molecule has 3 heterocycles. The van der Waals surface area contributed by atoms with Gasteiger partial charge in [-0.1, -0.05) is 0 Å². The second kappa shape index (κ2) is 7.38. The molecule has 1 saturated heterocycles. The van der Waals surface area contributed by atoms with Crippen LogP contribution in [0.3, 0.4) is 0 Å². The lowest BCUT2D eigenvalue weighted by molar-refractivity contribution is 0.0200. The molecule has 1 aliphatic rings. The molecule has 1 fully saturated rings. The van der Waals surface area contributed by atoms with E-state index < -0.39 is 11.0 Å². The van der Waals surface area contributed by atoms with Gasteiger partial charge < -0.3 is 14.2 Å². The Hall–Kier alpha value is -2.28. The Morgan fingerprint density at radius 1 is 1.37 bits per heavy atom. The highest BCUT2D eigenvalue weighted by molar-refractivity contribution is 6.66. The van der Waals surface area contributed by atoms with E-state index in [0.29, 0.717) is 18.9 Å². The Morgan fingerprint density at radius 2 is 2.11 bits per heavy atom. The van der Waals surface area contributed by atoms with E-state index in [1.54, 1.807) is 11.1 Å². The fraction of sp³-hybridized carbons (Fsp3) is 0.526. The number of carbonyl (C=O) groups excluding carboxylic acids is 2. The Balaban J connectivity index is 1.84.